The van der Waals surface area contributed by atoms with Crippen LogP contribution in [0.2, 0.25) is 0 Å². The van der Waals surface area contributed by atoms with Gasteiger partial charge in [0.25, 0.3) is 11.8 Å². The number of nitrogens with one attached hydrogen (secondary N) is 3. The number of aromatic nitrogens is 1. The number of ether oxygens (including phenoxy) is 2. The third-order valence-electron chi connectivity index (χ3n) is 7.69. The minimum Gasteiger partial charge on any atom is -0.378 e. The van der Waals surface area contributed by atoms with Crippen molar-refractivity contribution in [3.05, 3.63) is 52.1 Å². The number of nitrogens with zero attached hydrogens (tertiary/aromatic N) is 2. The Balaban J connectivity index is 1.36. The summed E-state index contributed by atoms with van der Waals surface area (Å²) in [5.74, 6) is -1.64. The molecule has 41 heavy (non-hydrogen) atoms. The first-order valence-electron chi connectivity index (χ1n) is 13.8. The predicted octanol–water partition coefficient (Wildman–Crippen LogP) is 1.86. The first-order valence-corrected chi connectivity index (χ1v) is 13.8. The fourth-order valence-electron chi connectivity index (χ4n) is 5.44. The molecule has 2 fully saturated rings. The van der Waals surface area contributed by atoms with Crippen molar-refractivity contribution in [3.8, 4) is 0 Å². The molecule has 2 saturated heterocycles. The van der Waals surface area contributed by atoms with Gasteiger partial charge in [-0.25, -0.2) is 4.39 Å². The van der Waals surface area contributed by atoms with Gasteiger partial charge in [-0.15, -0.1) is 0 Å². The van der Waals surface area contributed by atoms with Crippen molar-refractivity contribution < 1.29 is 33.0 Å². The monoisotopic (exact) mass is 567 g/mol. The van der Waals surface area contributed by atoms with E-state index >= 15 is 0 Å². The van der Waals surface area contributed by atoms with E-state index in [9.17, 15) is 23.6 Å². The van der Waals surface area contributed by atoms with E-state index in [2.05, 4.69) is 15.6 Å². The molecule has 3 N–H and O–H groups in total. The second kappa shape index (κ2) is 12.2. The number of aromatic amines is 1. The summed E-state index contributed by atoms with van der Waals surface area (Å²) in [4.78, 5) is 59.0. The molecule has 3 aliphatic heterocycles. The van der Waals surface area contributed by atoms with Crippen molar-refractivity contribution >= 4 is 41.0 Å². The molecule has 11 nitrogen and oxygen atoms in total. The average Bonchev–Trinajstić information content (AvgIpc) is 3.44. The number of morpholine rings is 2. The van der Waals surface area contributed by atoms with Crippen LogP contribution in [-0.2, 0) is 23.9 Å². The zero-order chi connectivity index (χ0) is 29.1. The lowest BCUT2D eigenvalue weighted by Gasteiger charge is -2.31. The van der Waals surface area contributed by atoms with Crippen LogP contribution in [0, 0.1) is 19.7 Å². The number of fused-ring (bicyclic) bond motifs is 1. The molecular formula is C29H34FN5O6. The minimum atomic E-state index is -0.906. The number of carbonyl (C=O) groups is 4. The highest BCUT2D eigenvalue weighted by Gasteiger charge is 2.31. The molecule has 218 valence electrons. The van der Waals surface area contributed by atoms with Gasteiger partial charge in [0.05, 0.1) is 37.6 Å². The van der Waals surface area contributed by atoms with Gasteiger partial charge in [-0.3, -0.25) is 19.2 Å². The average molecular weight is 568 g/mol. The Hall–Kier alpha value is -4.03. The molecule has 0 radical (unpaired) electrons. The molecule has 12 heteroatoms. The molecule has 2 aromatic rings. The van der Waals surface area contributed by atoms with Crippen LogP contribution in [0.15, 0.2) is 18.2 Å². The third kappa shape index (κ3) is 6.18. The Morgan fingerprint density at radius 2 is 1.71 bits per heavy atom. The maximum Gasteiger partial charge on any atom is 0.256 e. The fraction of sp³-hybridized carbons (Fsp3) is 0.448. The SMILES string of the molecule is Cc1[nH]c(/C=C2\C(=O)Nc3ccc(F)cc32)c(C)c1C(=O)N[C@H](CCC(=O)N1CCOCC1)C(=O)N1CCOCC1. The number of benzene rings is 1. The maximum absolute atomic E-state index is 13.9. The van der Waals surface area contributed by atoms with E-state index in [1.165, 1.54) is 18.2 Å². The van der Waals surface area contributed by atoms with Gasteiger partial charge in [0.15, 0.2) is 0 Å². The van der Waals surface area contributed by atoms with Crippen molar-refractivity contribution in [2.45, 2.75) is 32.7 Å². The number of anilines is 1. The fourth-order valence-corrected chi connectivity index (χ4v) is 5.44. The molecule has 0 saturated carbocycles. The number of halogens is 1. The maximum atomic E-state index is 13.9. The Morgan fingerprint density at radius 1 is 1.05 bits per heavy atom. The van der Waals surface area contributed by atoms with Crippen LogP contribution < -0.4 is 10.6 Å². The molecule has 4 heterocycles. The summed E-state index contributed by atoms with van der Waals surface area (Å²) in [5, 5.41) is 5.59. The van der Waals surface area contributed by atoms with Crippen LogP contribution >= 0.6 is 0 Å². The third-order valence-corrected chi connectivity index (χ3v) is 7.69. The molecule has 0 unspecified atom stereocenters. The van der Waals surface area contributed by atoms with E-state index < -0.39 is 17.8 Å². The van der Waals surface area contributed by atoms with Crippen LogP contribution in [0.4, 0.5) is 10.1 Å². The molecule has 0 aliphatic carbocycles. The zero-order valence-corrected chi connectivity index (χ0v) is 23.2. The number of rotatable bonds is 7. The summed E-state index contributed by atoms with van der Waals surface area (Å²) in [6.07, 6.45) is 1.85. The Bertz CT molecular complexity index is 1390. The van der Waals surface area contributed by atoms with Crippen molar-refractivity contribution in [1.82, 2.24) is 20.1 Å². The second-order valence-electron chi connectivity index (χ2n) is 10.4. The molecule has 1 aromatic heterocycles. The predicted molar refractivity (Wildman–Crippen MR) is 148 cm³/mol. The van der Waals surface area contributed by atoms with Crippen LogP contribution in [-0.4, -0.2) is 97.1 Å². The summed E-state index contributed by atoms with van der Waals surface area (Å²) in [6, 6.07) is 3.16. The summed E-state index contributed by atoms with van der Waals surface area (Å²) in [5.41, 5.74) is 3.21. The van der Waals surface area contributed by atoms with Crippen molar-refractivity contribution in [3.63, 3.8) is 0 Å². The highest BCUT2D eigenvalue weighted by Crippen LogP contribution is 2.34. The molecular weight excluding hydrogens is 533 g/mol. The number of aryl methyl sites for hydroxylation is 1. The topological polar surface area (TPSA) is 133 Å². The van der Waals surface area contributed by atoms with E-state index in [4.69, 9.17) is 9.47 Å². The Labute approximate surface area is 237 Å². The molecule has 1 atom stereocenters. The standard InChI is InChI=1S/C29H34FN5O6/c1-17-24(16-21-20-15-19(30)3-4-22(20)32-27(21)37)31-18(2)26(17)28(38)33-23(29(39)35-9-13-41-14-10-35)5-6-25(36)34-7-11-40-12-8-34/h3-4,15-16,23,31H,5-14H2,1-2H3,(H,32,37)(H,33,38)/b21-16-/t23-/m1/s1. The van der Waals surface area contributed by atoms with Crippen LogP contribution in [0.5, 0.6) is 0 Å². The lowest BCUT2D eigenvalue weighted by molar-refractivity contribution is -0.138. The van der Waals surface area contributed by atoms with Crippen LogP contribution in [0.1, 0.15) is 45.7 Å². The molecule has 0 spiro atoms. The number of amides is 4. The van der Waals surface area contributed by atoms with Crippen molar-refractivity contribution in [1.29, 1.82) is 0 Å². The summed E-state index contributed by atoms with van der Waals surface area (Å²) in [7, 11) is 0. The van der Waals surface area contributed by atoms with Gasteiger partial charge >= 0.3 is 0 Å². The van der Waals surface area contributed by atoms with E-state index in [0.29, 0.717) is 86.4 Å². The highest BCUT2D eigenvalue weighted by atomic mass is 19.1. The molecule has 3 aliphatic rings. The van der Waals surface area contributed by atoms with Crippen LogP contribution in [0.3, 0.4) is 0 Å². The Kier molecular flexibility index (Phi) is 8.50. The number of H-pyrrole nitrogens is 1. The summed E-state index contributed by atoms with van der Waals surface area (Å²) < 4.78 is 24.6. The van der Waals surface area contributed by atoms with E-state index in [1.54, 1.807) is 29.7 Å². The first kappa shape index (κ1) is 28.5. The number of carbonyl (C=O) groups excluding carboxylic acids is 4. The van der Waals surface area contributed by atoms with Gasteiger partial charge in [-0.1, -0.05) is 0 Å². The Morgan fingerprint density at radius 3 is 2.39 bits per heavy atom. The lowest BCUT2D eigenvalue weighted by Crippen LogP contribution is -2.52. The smallest absolute Gasteiger partial charge is 0.256 e. The van der Waals surface area contributed by atoms with Gasteiger partial charge in [-0.05, 0) is 50.1 Å². The van der Waals surface area contributed by atoms with E-state index in [0.717, 1.165) is 0 Å². The van der Waals surface area contributed by atoms with Gasteiger partial charge in [-0.2, -0.15) is 0 Å². The van der Waals surface area contributed by atoms with Crippen molar-refractivity contribution in [2.24, 2.45) is 0 Å². The van der Waals surface area contributed by atoms with Gasteiger partial charge < -0.3 is 34.9 Å². The normalized spacial score (nSPS) is 18.7. The second-order valence-corrected chi connectivity index (χ2v) is 10.4. The molecule has 1 aromatic carbocycles. The molecule has 5 rings (SSSR count). The molecule has 4 amide bonds. The first-order chi connectivity index (χ1) is 19.7. The van der Waals surface area contributed by atoms with Gasteiger partial charge in [0.1, 0.15) is 11.9 Å². The summed E-state index contributed by atoms with van der Waals surface area (Å²) in [6.45, 7) is 7.07. The van der Waals surface area contributed by atoms with Gasteiger partial charge in [0.2, 0.25) is 11.8 Å². The van der Waals surface area contributed by atoms with E-state index in [-0.39, 0.29) is 36.1 Å². The van der Waals surface area contributed by atoms with Crippen LogP contribution in [0.25, 0.3) is 11.6 Å². The number of hydrogen-bond acceptors (Lipinski definition) is 6. The van der Waals surface area contributed by atoms with Crippen molar-refractivity contribution in [2.75, 3.05) is 57.9 Å². The minimum absolute atomic E-state index is 0.0863. The quantitative estimate of drug-likeness (QED) is 0.438. The largest absolute Gasteiger partial charge is 0.378 e. The lowest BCUT2D eigenvalue weighted by atomic mass is 10.0. The number of hydrogen-bond donors (Lipinski definition) is 3. The molecule has 0 bridgehead atoms. The summed E-state index contributed by atoms with van der Waals surface area (Å²) >= 11 is 0. The van der Waals surface area contributed by atoms with Gasteiger partial charge in [0, 0.05) is 55.2 Å². The van der Waals surface area contributed by atoms with E-state index in [1.807, 2.05) is 0 Å². The highest BCUT2D eigenvalue weighted by molar-refractivity contribution is 6.35. The zero-order valence-electron chi connectivity index (χ0n) is 23.2.